The van der Waals surface area contributed by atoms with E-state index in [1.165, 1.54) is 12.1 Å². The molecule has 0 spiro atoms. The summed E-state index contributed by atoms with van der Waals surface area (Å²) >= 11 is 0. The Kier molecular flexibility index (Phi) is 3.16. The molecule has 2 rings (SSSR count). The Morgan fingerprint density at radius 2 is 2.26 bits per heavy atom. The zero-order valence-electron chi connectivity index (χ0n) is 10.8. The zero-order chi connectivity index (χ0) is 14.2. The summed E-state index contributed by atoms with van der Waals surface area (Å²) in [6, 6.07) is 6.29. The van der Waals surface area contributed by atoms with Crippen LogP contribution in [0.5, 0.6) is 0 Å². The van der Waals surface area contributed by atoms with Crippen molar-refractivity contribution in [1.82, 2.24) is 0 Å². The molecule has 0 amide bonds. The number of aliphatic hydroxyl groups is 1. The topological polar surface area (TPSA) is 99.2 Å². The van der Waals surface area contributed by atoms with Crippen molar-refractivity contribution in [2.45, 2.75) is 32.4 Å². The Bertz CT molecular complexity index is 563. The lowest BCUT2D eigenvalue weighted by atomic mass is 9.64. The molecule has 1 aliphatic rings. The van der Waals surface area contributed by atoms with Crippen LogP contribution in [0.25, 0.3) is 0 Å². The molecule has 1 aromatic carbocycles. The van der Waals surface area contributed by atoms with E-state index in [0.717, 1.165) is 0 Å². The van der Waals surface area contributed by atoms with Crippen LogP contribution in [0.3, 0.4) is 0 Å². The Hall–Kier alpha value is -2.13. The van der Waals surface area contributed by atoms with Crippen molar-refractivity contribution >= 4 is 11.4 Å². The molecule has 100 valence electrons. The molecule has 6 nitrogen and oxygen atoms in total. The van der Waals surface area contributed by atoms with Crippen molar-refractivity contribution in [2.24, 2.45) is 5.41 Å². The van der Waals surface area contributed by atoms with Crippen molar-refractivity contribution in [3.8, 4) is 6.07 Å². The van der Waals surface area contributed by atoms with Gasteiger partial charge in [-0.15, -0.1) is 0 Å². The minimum atomic E-state index is -0.570. The molecule has 0 aromatic heterocycles. The maximum absolute atomic E-state index is 10.7. The Morgan fingerprint density at radius 3 is 2.74 bits per heavy atom. The fourth-order valence-corrected chi connectivity index (χ4v) is 2.22. The summed E-state index contributed by atoms with van der Waals surface area (Å²) < 4.78 is 0. The van der Waals surface area contributed by atoms with Crippen molar-refractivity contribution in [3.05, 3.63) is 33.9 Å². The molecule has 1 saturated carbocycles. The SMILES string of the molecule is CC1(C)C(O)CC1Nc1ccc([N+](=O)[O-])c(C#N)c1. The number of nitrogens with one attached hydrogen (secondary N) is 1. The van der Waals surface area contributed by atoms with Crippen LogP contribution >= 0.6 is 0 Å². The molecule has 1 aliphatic carbocycles. The highest BCUT2D eigenvalue weighted by molar-refractivity contribution is 5.59. The third-order valence-corrected chi connectivity index (χ3v) is 3.87. The molecule has 6 heteroatoms. The fourth-order valence-electron chi connectivity index (χ4n) is 2.22. The number of nitro groups is 1. The van der Waals surface area contributed by atoms with Gasteiger partial charge in [0, 0.05) is 23.2 Å². The second-order valence-corrected chi connectivity index (χ2v) is 5.37. The van der Waals surface area contributed by atoms with Crippen LogP contribution in [0.1, 0.15) is 25.8 Å². The van der Waals surface area contributed by atoms with E-state index in [1.807, 2.05) is 19.9 Å². The van der Waals surface area contributed by atoms with Gasteiger partial charge >= 0.3 is 0 Å². The number of nitrogens with zero attached hydrogens (tertiary/aromatic N) is 2. The molecule has 0 radical (unpaired) electrons. The first kappa shape index (κ1) is 13.3. The third-order valence-electron chi connectivity index (χ3n) is 3.87. The molecule has 0 saturated heterocycles. The van der Waals surface area contributed by atoms with Crippen LogP contribution in [0.2, 0.25) is 0 Å². The lowest BCUT2D eigenvalue weighted by Crippen LogP contribution is -2.56. The van der Waals surface area contributed by atoms with Gasteiger partial charge in [-0.05, 0) is 18.6 Å². The smallest absolute Gasteiger partial charge is 0.287 e. The number of anilines is 1. The number of nitriles is 1. The molecule has 0 aliphatic heterocycles. The van der Waals surface area contributed by atoms with Gasteiger partial charge in [0.05, 0.1) is 11.0 Å². The van der Waals surface area contributed by atoms with Crippen LogP contribution in [-0.2, 0) is 0 Å². The summed E-state index contributed by atoms with van der Waals surface area (Å²) in [5, 5.41) is 32.5. The van der Waals surface area contributed by atoms with E-state index in [4.69, 9.17) is 5.26 Å². The summed E-state index contributed by atoms with van der Waals surface area (Å²) in [7, 11) is 0. The predicted molar refractivity (Wildman–Crippen MR) is 69.6 cm³/mol. The summed E-state index contributed by atoms with van der Waals surface area (Å²) in [6.45, 7) is 3.91. The van der Waals surface area contributed by atoms with Crippen LogP contribution in [0, 0.1) is 26.9 Å². The quantitative estimate of drug-likeness (QED) is 0.640. The summed E-state index contributed by atoms with van der Waals surface area (Å²) in [5.41, 5.74) is 0.259. The van der Waals surface area contributed by atoms with E-state index < -0.39 is 4.92 Å². The van der Waals surface area contributed by atoms with E-state index in [1.54, 1.807) is 6.07 Å². The van der Waals surface area contributed by atoms with Gasteiger partial charge in [0.15, 0.2) is 0 Å². The molecule has 2 atom stereocenters. The number of benzene rings is 1. The van der Waals surface area contributed by atoms with Gasteiger partial charge in [-0.2, -0.15) is 5.26 Å². The Balaban J connectivity index is 2.20. The van der Waals surface area contributed by atoms with E-state index in [2.05, 4.69) is 5.32 Å². The van der Waals surface area contributed by atoms with Crippen LogP contribution < -0.4 is 5.32 Å². The second kappa shape index (κ2) is 4.52. The molecular weight excluding hydrogens is 246 g/mol. The maximum atomic E-state index is 10.7. The molecule has 1 aromatic rings. The predicted octanol–water partition coefficient (Wildman–Crippen LogP) is 2.04. The van der Waals surface area contributed by atoms with Crippen molar-refractivity contribution in [1.29, 1.82) is 5.26 Å². The number of rotatable bonds is 3. The third kappa shape index (κ3) is 2.25. The standard InChI is InChI=1S/C13H15N3O3/c1-13(2)11(6-12(13)17)15-9-3-4-10(16(18)19)8(5-9)7-14/h3-5,11-12,15,17H,6H2,1-2H3. The van der Waals surface area contributed by atoms with Gasteiger partial charge in [-0.1, -0.05) is 13.8 Å². The summed E-state index contributed by atoms with van der Waals surface area (Å²) in [6.07, 6.45) is 0.282. The highest BCUT2D eigenvalue weighted by atomic mass is 16.6. The molecule has 2 unspecified atom stereocenters. The number of hydrogen-bond acceptors (Lipinski definition) is 5. The summed E-state index contributed by atoms with van der Waals surface area (Å²) in [4.78, 5) is 10.2. The number of hydrogen-bond donors (Lipinski definition) is 2. The molecular formula is C13H15N3O3. The average Bonchev–Trinajstić information content (AvgIpc) is 2.38. The first-order valence-corrected chi connectivity index (χ1v) is 5.99. The highest BCUT2D eigenvalue weighted by Crippen LogP contribution is 2.42. The maximum Gasteiger partial charge on any atom is 0.287 e. The number of aliphatic hydroxyl groups excluding tert-OH is 1. The Morgan fingerprint density at radius 1 is 1.58 bits per heavy atom. The van der Waals surface area contributed by atoms with Crippen molar-refractivity contribution in [3.63, 3.8) is 0 Å². The van der Waals surface area contributed by atoms with E-state index in [-0.39, 0.29) is 28.8 Å². The lowest BCUT2D eigenvalue weighted by molar-refractivity contribution is -0.385. The summed E-state index contributed by atoms with van der Waals surface area (Å²) in [5.74, 6) is 0. The minimum absolute atomic E-state index is 0.0349. The molecule has 2 N–H and O–H groups in total. The first-order chi connectivity index (χ1) is 8.86. The van der Waals surface area contributed by atoms with Crippen molar-refractivity contribution in [2.75, 3.05) is 5.32 Å². The number of nitro benzene ring substituents is 1. The van der Waals surface area contributed by atoms with Gasteiger partial charge in [-0.3, -0.25) is 10.1 Å². The zero-order valence-corrected chi connectivity index (χ0v) is 10.8. The second-order valence-electron chi connectivity index (χ2n) is 5.37. The normalized spacial score (nSPS) is 24.1. The van der Waals surface area contributed by atoms with Crippen LogP contribution in [-0.4, -0.2) is 22.2 Å². The molecule has 19 heavy (non-hydrogen) atoms. The Labute approximate surface area is 110 Å². The minimum Gasteiger partial charge on any atom is -0.392 e. The monoisotopic (exact) mass is 261 g/mol. The first-order valence-electron chi connectivity index (χ1n) is 5.99. The lowest BCUT2D eigenvalue weighted by Gasteiger charge is -2.49. The van der Waals surface area contributed by atoms with E-state index >= 15 is 0 Å². The molecule has 1 fully saturated rings. The van der Waals surface area contributed by atoms with E-state index in [9.17, 15) is 15.2 Å². The van der Waals surface area contributed by atoms with Gasteiger partial charge in [0.2, 0.25) is 0 Å². The van der Waals surface area contributed by atoms with Crippen LogP contribution in [0.15, 0.2) is 18.2 Å². The largest absolute Gasteiger partial charge is 0.392 e. The highest BCUT2D eigenvalue weighted by Gasteiger charge is 2.47. The molecule has 0 bridgehead atoms. The van der Waals surface area contributed by atoms with Crippen LogP contribution in [0.4, 0.5) is 11.4 Å². The van der Waals surface area contributed by atoms with Gasteiger partial charge < -0.3 is 10.4 Å². The average molecular weight is 261 g/mol. The van der Waals surface area contributed by atoms with Gasteiger partial charge in [0.1, 0.15) is 11.6 Å². The van der Waals surface area contributed by atoms with Gasteiger partial charge in [-0.25, -0.2) is 0 Å². The molecule has 0 heterocycles. The van der Waals surface area contributed by atoms with Crippen molar-refractivity contribution < 1.29 is 10.0 Å². The van der Waals surface area contributed by atoms with Gasteiger partial charge in [0.25, 0.3) is 5.69 Å². The van der Waals surface area contributed by atoms with E-state index in [0.29, 0.717) is 12.1 Å². The fraction of sp³-hybridized carbons (Fsp3) is 0.462.